The van der Waals surface area contributed by atoms with Crippen LogP contribution < -0.4 is 10.2 Å². The molecular formula is C16H21N5. The molecule has 0 spiro atoms. The van der Waals surface area contributed by atoms with E-state index in [0.29, 0.717) is 6.04 Å². The number of hydrogen-bond donors (Lipinski definition) is 1. The van der Waals surface area contributed by atoms with Crippen molar-refractivity contribution < 1.29 is 0 Å². The number of rotatable bonds is 4. The highest BCUT2D eigenvalue weighted by atomic mass is 15.3. The first kappa shape index (κ1) is 13.9. The van der Waals surface area contributed by atoms with Crippen molar-refractivity contribution in [1.29, 1.82) is 0 Å². The molecule has 1 aliphatic heterocycles. The average molecular weight is 283 g/mol. The zero-order valence-corrected chi connectivity index (χ0v) is 12.4. The van der Waals surface area contributed by atoms with Gasteiger partial charge in [-0.25, -0.2) is 0 Å². The number of nitrogens with zero attached hydrogens (tertiary/aromatic N) is 4. The van der Waals surface area contributed by atoms with Gasteiger partial charge in [0.05, 0.1) is 5.69 Å². The summed E-state index contributed by atoms with van der Waals surface area (Å²) in [5.74, 6) is 0.982. The lowest BCUT2D eigenvalue weighted by Gasteiger charge is -2.33. The largest absolute Gasteiger partial charge is 0.354 e. The highest BCUT2D eigenvalue weighted by Crippen LogP contribution is 2.17. The number of piperidine rings is 1. The van der Waals surface area contributed by atoms with Gasteiger partial charge in [-0.3, -0.25) is 4.98 Å². The standard InChI is InChI=1S/C16H21N5/c1-13-4-5-16(20-19-13)21-10-2-3-15(12-21)18-11-14-6-8-17-9-7-14/h4-9,15,18H,2-3,10-12H2,1H3/t15-/m0/s1. The van der Waals surface area contributed by atoms with E-state index in [-0.39, 0.29) is 0 Å². The molecule has 2 aromatic heterocycles. The Kier molecular flexibility index (Phi) is 4.40. The van der Waals surface area contributed by atoms with Crippen LogP contribution >= 0.6 is 0 Å². The Bertz CT molecular complexity index is 555. The first-order valence-corrected chi connectivity index (χ1v) is 7.49. The third kappa shape index (κ3) is 3.76. The van der Waals surface area contributed by atoms with Crippen molar-refractivity contribution in [2.24, 2.45) is 0 Å². The SMILES string of the molecule is Cc1ccc(N2CCC[C@H](NCc3ccncc3)C2)nn1. The number of hydrogen-bond acceptors (Lipinski definition) is 5. The maximum atomic E-state index is 4.29. The maximum Gasteiger partial charge on any atom is 0.151 e. The first-order valence-electron chi connectivity index (χ1n) is 7.49. The molecule has 3 heterocycles. The van der Waals surface area contributed by atoms with E-state index in [1.54, 1.807) is 0 Å². The van der Waals surface area contributed by atoms with Crippen molar-refractivity contribution in [3.8, 4) is 0 Å². The van der Waals surface area contributed by atoms with E-state index in [0.717, 1.165) is 31.1 Å². The number of nitrogens with one attached hydrogen (secondary N) is 1. The minimum Gasteiger partial charge on any atom is -0.354 e. The maximum absolute atomic E-state index is 4.29. The van der Waals surface area contributed by atoms with Crippen molar-refractivity contribution in [2.45, 2.75) is 32.4 Å². The van der Waals surface area contributed by atoms with Crippen LogP contribution in [0.3, 0.4) is 0 Å². The van der Waals surface area contributed by atoms with Gasteiger partial charge in [0.25, 0.3) is 0 Å². The topological polar surface area (TPSA) is 53.9 Å². The van der Waals surface area contributed by atoms with E-state index in [1.165, 1.54) is 18.4 Å². The fraction of sp³-hybridized carbons (Fsp3) is 0.438. The number of aromatic nitrogens is 3. The summed E-state index contributed by atoms with van der Waals surface area (Å²) < 4.78 is 0. The third-order valence-electron chi connectivity index (χ3n) is 3.87. The Hall–Kier alpha value is -2.01. The average Bonchev–Trinajstić information content (AvgIpc) is 2.55. The van der Waals surface area contributed by atoms with Crippen molar-refractivity contribution in [1.82, 2.24) is 20.5 Å². The van der Waals surface area contributed by atoms with Gasteiger partial charge in [0, 0.05) is 38.1 Å². The lowest BCUT2D eigenvalue weighted by atomic mass is 10.1. The minimum absolute atomic E-state index is 0.495. The summed E-state index contributed by atoms with van der Waals surface area (Å²) in [5, 5.41) is 12.1. The van der Waals surface area contributed by atoms with Crippen LogP contribution in [0.15, 0.2) is 36.7 Å². The van der Waals surface area contributed by atoms with Crippen LogP contribution in [0.1, 0.15) is 24.1 Å². The molecule has 1 atom stereocenters. The summed E-state index contributed by atoms with van der Waals surface area (Å²) in [6.07, 6.45) is 6.07. The van der Waals surface area contributed by atoms with Crippen LogP contribution in [0.5, 0.6) is 0 Å². The molecule has 1 N–H and O–H groups in total. The molecule has 21 heavy (non-hydrogen) atoms. The Morgan fingerprint density at radius 3 is 2.81 bits per heavy atom. The second kappa shape index (κ2) is 6.63. The molecule has 5 nitrogen and oxygen atoms in total. The summed E-state index contributed by atoms with van der Waals surface area (Å²) in [6, 6.07) is 8.69. The molecule has 0 aliphatic carbocycles. The zero-order chi connectivity index (χ0) is 14.5. The first-order chi connectivity index (χ1) is 10.3. The molecule has 3 rings (SSSR count). The van der Waals surface area contributed by atoms with Crippen LogP contribution in [0.4, 0.5) is 5.82 Å². The Morgan fingerprint density at radius 2 is 2.05 bits per heavy atom. The van der Waals surface area contributed by atoms with Gasteiger partial charge >= 0.3 is 0 Å². The molecule has 0 radical (unpaired) electrons. The van der Waals surface area contributed by atoms with Gasteiger partial charge in [0.2, 0.25) is 0 Å². The lowest BCUT2D eigenvalue weighted by molar-refractivity contribution is 0.419. The Labute approximate surface area is 125 Å². The van der Waals surface area contributed by atoms with Crippen LogP contribution in [-0.2, 0) is 6.54 Å². The summed E-state index contributed by atoms with van der Waals surface area (Å²) in [5.41, 5.74) is 2.24. The van der Waals surface area contributed by atoms with Gasteiger partial charge in [-0.2, -0.15) is 5.10 Å². The fourth-order valence-corrected chi connectivity index (χ4v) is 2.68. The smallest absolute Gasteiger partial charge is 0.151 e. The van der Waals surface area contributed by atoms with E-state index < -0.39 is 0 Å². The van der Waals surface area contributed by atoms with Gasteiger partial charge in [-0.1, -0.05) is 0 Å². The van der Waals surface area contributed by atoms with Crippen molar-refractivity contribution in [3.05, 3.63) is 47.9 Å². The van der Waals surface area contributed by atoms with Gasteiger partial charge in [0.1, 0.15) is 0 Å². The second-order valence-corrected chi connectivity index (χ2v) is 5.55. The second-order valence-electron chi connectivity index (χ2n) is 5.55. The minimum atomic E-state index is 0.495. The van der Waals surface area contributed by atoms with E-state index >= 15 is 0 Å². The molecule has 110 valence electrons. The van der Waals surface area contributed by atoms with E-state index in [4.69, 9.17) is 0 Å². The van der Waals surface area contributed by atoms with Crippen LogP contribution in [0.25, 0.3) is 0 Å². The summed E-state index contributed by atoms with van der Waals surface area (Å²) in [4.78, 5) is 6.37. The molecule has 1 aliphatic rings. The number of anilines is 1. The quantitative estimate of drug-likeness (QED) is 0.929. The van der Waals surface area contributed by atoms with Crippen LogP contribution in [0, 0.1) is 6.92 Å². The van der Waals surface area contributed by atoms with Crippen molar-refractivity contribution >= 4 is 5.82 Å². The molecule has 1 saturated heterocycles. The summed E-state index contributed by atoms with van der Waals surface area (Å²) in [7, 11) is 0. The molecule has 0 amide bonds. The molecule has 0 aromatic carbocycles. The van der Waals surface area contributed by atoms with E-state index in [1.807, 2.05) is 25.4 Å². The molecule has 5 heteroatoms. The highest BCUT2D eigenvalue weighted by Gasteiger charge is 2.20. The lowest BCUT2D eigenvalue weighted by Crippen LogP contribution is -2.45. The molecular weight excluding hydrogens is 262 g/mol. The monoisotopic (exact) mass is 283 g/mol. The van der Waals surface area contributed by atoms with Crippen LogP contribution in [0.2, 0.25) is 0 Å². The molecule has 0 saturated carbocycles. The van der Waals surface area contributed by atoms with Crippen molar-refractivity contribution in [3.63, 3.8) is 0 Å². The van der Waals surface area contributed by atoms with Gasteiger partial charge in [0.15, 0.2) is 5.82 Å². The van der Waals surface area contributed by atoms with Gasteiger partial charge in [-0.05, 0) is 49.6 Å². The summed E-state index contributed by atoms with van der Waals surface area (Å²) in [6.45, 7) is 4.90. The van der Waals surface area contributed by atoms with Crippen LogP contribution in [-0.4, -0.2) is 34.3 Å². The molecule has 0 bridgehead atoms. The van der Waals surface area contributed by atoms with Gasteiger partial charge < -0.3 is 10.2 Å². The fourth-order valence-electron chi connectivity index (χ4n) is 2.68. The molecule has 2 aromatic rings. The highest BCUT2D eigenvalue weighted by molar-refractivity contribution is 5.38. The predicted molar refractivity (Wildman–Crippen MR) is 83.1 cm³/mol. The zero-order valence-electron chi connectivity index (χ0n) is 12.4. The Balaban J connectivity index is 1.57. The van der Waals surface area contributed by atoms with E-state index in [2.05, 4.69) is 43.6 Å². The van der Waals surface area contributed by atoms with E-state index in [9.17, 15) is 0 Å². The predicted octanol–water partition coefficient (Wildman–Crippen LogP) is 1.94. The summed E-state index contributed by atoms with van der Waals surface area (Å²) >= 11 is 0. The molecule has 0 unspecified atom stereocenters. The number of pyridine rings is 1. The molecule has 1 fully saturated rings. The third-order valence-corrected chi connectivity index (χ3v) is 3.87. The van der Waals surface area contributed by atoms with Crippen molar-refractivity contribution in [2.75, 3.05) is 18.0 Å². The Morgan fingerprint density at radius 1 is 1.19 bits per heavy atom. The number of aryl methyl sites for hydroxylation is 1. The normalized spacial score (nSPS) is 18.7. The van der Waals surface area contributed by atoms with Gasteiger partial charge in [-0.15, -0.1) is 5.10 Å².